The summed E-state index contributed by atoms with van der Waals surface area (Å²) >= 11 is 6.51. The molecule has 0 amide bonds. The van der Waals surface area contributed by atoms with E-state index in [0.29, 0.717) is 0 Å². The minimum absolute atomic E-state index is 0.0514. The van der Waals surface area contributed by atoms with Gasteiger partial charge in [-0.15, -0.1) is 11.6 Å². The summed E-state index contributed by atoms with van der Waals surface area (Å²) in [6.07, 6.45) is 0.143. The van der Waals surface area contributed by atoms with Crippen molar-refractivity contribution in [2.75, 3.05) is 0 Å². The zero-order chi connectivity index (χ0) is 15.7. The summed E-state index contributed by atoms with van der Waals surface area (Å²) in [5.74, 6) is -1.08. The van der Waals surface area contributed by atoms with Gasteiger partial charge in [-0.3, -0.25) is 0 Å². The highest BCUT2D eigenvalue weighted by Crippen LogP contribution is 2.34. The van der Waals surface area contributed by atoms with Crippen LogP contribution in [0.25, 0.3) is 0 Å². The Morgan fingerprint density at radius 3 is 1.90 bits per heavy atom. The molecule has 0 nitrogen and oxygen atoms in total. The van der Waals surface area contributed by atoms with Gasteiger partial charge in [0.05, 0.1) is 5.38 Å². The summed E-state index contributed by atoms with van der Waals surface area (Å²) in [6.45, 7) is 8.06. The lowest BCUT2D eigenvalue weighted by molar-refractivity contribution is 0.552. The lowest BCUT2D eigenvalue weighted by Gasteiger charge is -2.20. The normalized spacial score (nSPS) is 12.5. The van der Waals surface area contributed by atoms with Crippen LogP contribution in [0.15, 0.2) is 24.3 Å². The Hall–Kier alpha value is -1.41. The average molecular weight is 309 g/mol. The van der Waals surface area contributed by atoms with Gasteiger partial charge in [-0.2, -0.15) is 0 Å². The van der Waals surface area contributed by atoms with E-state index in [4.69, 9.17) is 11.6 Å². The van der Waals surface area contributed by atoms with Crippen LogP contribution >= 0.6 is 11.6 Å². The van der Waals surface area contributed by atoms with Gasteiger partial charge >= 0.3 is 0 Å². The third kappa shape index (κ3) is 3.11. The molecule has 0 fully saturated rings. The average Bonchev–Trinajstić information content (AvgIpc) is 2.41. The first-order valence-corrected chi connectivity index (χ1v) is 7.40. The van der Waals surface area contributed by atoms with Gasteiger partial charge in [0.2, 0.25) is 0 Å². The van der Waals surface area contributed by atoms with Crippen LogP contribution in [0.3, 0.4) is 0 Å². The van der Waals surface area contributed by atoms with Crippen LogP contribution in [0.5, 0.6) is 0 Å². The number of rotatable bonds is 3. The van der Waals surface area contributed by atoms with Crippen LogP contribution in [0.1, 0.15) is 38.8 Å². The molecule has 112 valence electrons. The Kier molecular flexibility index (Phi) is 4.67. The Balaban J connectivity index is 2.44. The summed E-state index contributed by atoms with van der Waals surface area (Å²) in [5.41, 5.74) is 5.51. The number of halogens is 3. The van der Waals surface area contributed by atoms with E-state index in [0.717, 1.165) is 27.8 Å². The molecule has 21 heavy (non-hydrogen) atoms. The van der Waals surface area contributed by atoms with Gasteiger partial charge < -0.3 is 0 Å². The van der Waals surface area contributed by atoms with Gasteiger partial charge in [0, 0.05) is 5.56 Å². The summed E-state index contributed by atoms with van der Waals surface area (Å²) in [7, 11) is 0. The molecule has 0 spiro atoms. The molecule has 0 saturated carbocycles. The van der Waals surface area contributed by atoms with Crippen molar-refractivity contribution in [1.82, 2.24) is 0 Å². The highest BCUT2D eigenvalue weighted by atomic mass is 35.5. The molecule has 0 bridgehead atoms. The minimum atomic E-state index is -0.541. The maximum atomic E-state index is 13.8. The van der Waals surface area contributed by atoms with E-state index in [-0.39, 0.29) is 12.0 Å². The molecule has 0 heterocycles. The molecular weight excluding hydrogens is 290 g/mol. The molecule has 2 aromatic rings. The van der Waals surface area contributed by atoms with Crippen molar-refractivity contribution in [3.8, 4) is 0 Å². The standard InChI is InChI=1S/C18H19ClF2/c1-10-8-11(2)13(4)18(12(10)3)15(19)9-14-16(20)6-5-7-17(14)21/h5-8,15H,9H2,1-4H3. The molecule has 2 aromatic carbocycles. The summed E-state index contributed by atoms with van der Waals surface area (Å²) in [5, 5.41) is -0.449. The molecular formula is C18H19ClF2. The SMILES string of the molecule is Cc1cc(C)c(C)c(C(Cl)Cc2c(F)cccc2F)c1C. The van der Waals surface area contributed by atoms with Crippen molar-refractivity contribution in [2.45, 2.75) is 39.5 Å². The molecule has 2 rings (SSSR count). The third-order valence-electron chi connectivity index (χ3n) is 4.18. The maximum Gasteiger partial charge on any atom is 0.129 e. The first kappa shape index (κ1) is 16.0. The van der Waals surface area contributed by atoms with Crippen molar-refractivity contribution in [3.05, 3.63) is 69.3 Å². The van der Waals surface area contributed by atoms with Crippen molar-refractivity contribution >= 4 is 11.6 Å². The number of hydrogen-bond donors (Lipinski definition) is 0. The number of aryl methyl sites for hydroxylation is 2. The van der Waals surface area contributed by atoms with Gasteiger partial charge in [0.15, 0.2) is 0 Å². The van der Waals surface area contributed by atoms with Crippen LogP contribution in [-0.4, -0.2) is 0 Å². The van der Waals surface area contributed by atoms with Crippen LogP contribution in [-0.2, 0) is 6.42 Å². The molecule has 1 unspecified atom stereocenters. The number of benzene rings is 2. The molecule has 0 aliphatic heterocycles. The second kappa shape index (κ2) is 6.15. The summed E-state index contributed by atoms with van der Waals surface area (Å²) in [4.78, 5) is 0. The molecule has 3 heteroatoms. The smallest absolute Gasteiger partial charge is 0.129 e. The first-order valence-electron chi connectivity index (χ1n) is 6.97. The van der Waals surface area contributed by atoms with E-state index >= 15 is 0 Å². The van der Waals surface area contributed by atoms with E-state index in [1.807, 2.05) is 27.7 Å². The topological polar surface area (TPSA) is 0 Å². The molecule has 0 N–H and O–H groups in total. The van der Waals surface area contributed by atoms with Gasteiger partial charge in [-0.25, -0.2) is 8.78 Å². The first-order chi connectivity index (χ1) is 9.82. The molecule has 0 saturated heterocycles. The Labute approximate surface area is 129 Å². The van der Waals surface area contributed by atoms with E-state index in [1.165, 1.54) is 18.2 Å². The largest absolute Gasteiger partial charge is 0.207 e. The highest BCUT2D eigenvalue weighted by Gasteiger charge is 2.20. The minimum Gasteiger partial charge on any atom is -0.207 e. The van der Waals surface area contributed by atoms with Gasteiger partial charge in [-0.1, -0.05) is 12.1 Å². The zero-order valence-corrected chi connectivity index (χ0v) is 13.5. The van der Waals surface area contributed by atoms with Gasteiger partial charge in [0.1, 0.15) is 11.6 Å². The molecule has 0 aliphatic carbocycles. The zero-order valence-electron chi connectivity index (χ0n) is 12.7. The van der Waals surface area contributed by atoms with Crippen molar-refractivity contribution in [1.29, 1.82) is 0 Å². The quantitative estimate of drug-likeness (QED) is 0.636. The van der Waals surface area contributed by atoms with E-state index in [9.17, 15) is 8.78 Å². The fourth-order valence-electron chi connectivity index (χ4n) is 2.73. The Bertz CT molecular complexity index is 631. The third-order valence-corrected chi connectivity index (χ3v) is 4.55. The highest BCUT2D eigenvalue weighted by molar-refractivity contribution is 6.21. The van der Waals surface area contributed by atoms with Crippen LogP contribution in [0.4, 0.5) is 8.78 Å². The monoisotopic (exact) mass is 308 g/mol. The summed E-state index contributed by atoms with van der Waals surface area (Å²) < 4.78 is 27.6. The fraction of sp³-hybridized carbons (Fsp3) is 0.333. The molecule has 0 radical (unpaired) electrons. The van der Waals surface area contributed by atoms with Crippen LogP contribution in [0, 0.1) is 39.3 Å². The molecule has 0 aromatic heterocycles. The van der Waals surface area contributed by atoms with Crippen molar-refractivity contribution < 1.29 is 8.78 Å². The van der Waals surface area contributed by atoms with Crippen molar-refractivity contribution in [2.24, 2.45) is 0 Å². The Morgan fingerprint density at radius 1 is 0.952 bits per heavy atom. The van der Waals surface area contributed by atoms with Gasteiger partial charge in [-0.05, 0) is 74.1 Å². The summed E-state index contributed by atoms with van der Waals surface area (Å²) in [6, 6.07) is 6.01. The van der Waals surface area contributed by atoms with E-state index in [1.54, 1.807) is 0 Å². The van der Waals surface area contributed by atoms with E-state index < -0.39 is 17.0 Å². The van der Waals surface area contributed by atoms with Crippen molar-refractivity contribution in [3.63, 3.8) is 0 Å². The lowest BCUT2D eigenvalue weighted by atomic mass is 9.90. The predicted molar refractivity (Wildman–Crippen MR) is 84.0 cm³/mol. The second-order valence-corrected chi connectivity index (χ2v) is 6.07. The lowest BCUT2D eigenvalue weighted by Crippen LogP contribution is -2.07. The molecule has 0 aliphatic rings. The van der Waals surface area contributed by atoms with Crippen LogP contribution < -0.4 is 0 Å². The van der Waals surface area contributed by atoms with Crippen LogP contribution in [0.2, 0.25) is 0 Å². The predicted octanol–water partition coefficient (Wildman–Crippen LogP) is 5.72. The number of alkyl halides is 1. The fourth-order valence-corrected chi connectivity index (χ4v) is 3.21. The second-order valence-electron chi connectivity index (χ2n) is 5.55. The number of hydrogen-bond acceptors (Lipinski definition) is 0. The van der Waals surface area contributed by atoms with Gasteiger partial charge in [0.25, 0.3) is 0 Å². The van der Waals surface area contributed by atoms with E-state index in [2.05, 4.69) is 6.07 Å². The maximum absolute atomic E-state index is 13.8. The molecule has 1 atom stereocenters. The Morgan fingerprint density at radius 2 is 1.43 bits per heavy atom.